The Labute approximate surface area is 129 Å². The third kappa shape index (κ3) is 4.22. The molecule has 1 aliphatic rings. The van der Waals surface area contributed by atoms with Crippen LogP contribution >= 0.6 is 11.3 Å². The Balaban J connectivity index is 2.08. The Morgan fingerprint density at radius 2 is 2.14 bits per heavy atom. The van der Waals surface area contributed by atoms with E-state index in [1.807, 2.05) is 24.4 Å². The van der Waals surface area contributed by atoms with Gasteiger partial charge in [-0.3, -0.25) is 4.79 Å². The SMILES string of the molecule is C[C@@H]1CC[C@@H](c2cccs2)N(C(=O)C(=O)OCC(F)(F)F)C1. The number of likely N-dealkylation sites (tertiary alicyclic amines) is 1. The van der Waals surface area contributed by atoms with Gasteiger partial charge in [0.05, 0.1) is 6.04 Å². The molecule has 1 aromatic rings. The summed E-state index contributed by atoms with van der Waals surface area (Å²) >= 11 is 1.46. The van der Waals surface area contributed by atoms with Gasteiger partial charge in [-0.2, -0.15) is 13.2 Å². The largest absolute Gasteiger partial charge is 0.449 e. The van der Waals surface area contributed by atoms with Gasteiger partial charge in [0, 0.05) is 11.4 Å². The zero-order valence-electron chi connectivity index (χ0n) is 11.9. The number of alkyl halides is 3. The monoisotopic (exact) mass is 335 g/mol. The van der Waals surface area contributed by atoms with Crippen LogP contribution in [-0.2, 0) is 14.3 Å². The third-order valence-electron chi connectivity index (χ3n) is 3.49. The highest BCUT2D eigenvalue weighted by molar-refractivity contribution is 7.10. The van der Waals surface area contributed by atoms with Gasteiger partial charge in [-0.05, 0) is 30.2 Å². The van der Waals surface area contributed by atoms with Crippen molar-refractivity contribution in [1.82, 2.24) is 4.90 Å². The molecule has 2 rings (SSSR count). The number of amides is 1. The van der Waals surface area contributed by atoms with E-state index >= 15 is 0 Å². The molecule has 0 radical (unpaired) electrons. The molecule has 1 saturated heterocycles. The maximum Gasteiger partial charge on any atom is 0.422 e. The summed E-state index contributed by atoms with van der Waals surface area (Å²) in [6.07, 6.45) is -3.07. The number of piperidine rings is 1. The normalized spacial score (nSPS) is 22.5. The van der Waals surface area contributed by atoms with E-state index < -0.39 is 24.7 Å². The first-order valence-electron chi connectivity index (χ1n) is 6.86. The molecule has 22 heavy (non-hydrogen) atoms. The number of halogens is 3. The van der Waals surface area contributed by atoms with Crippen LogP contribution in [0.25, 0.3) is 0 Å². The van der Waals surface area contributed by atoms with E-state index in [2.05, 4.69) is 4.74 Å². The van der Waals surface area contributed by atoms with Gasteiger partial charge < -0.3 is 9.64 Å². The van der Waals surface area contributed by atoms with Crippen molar-refractivity contribution in [2.45, 2.75) is 32.0 Å². The van der Waals surface area contributed by atoms with Crippen molar-refractivity contribution in [3.8, 4) is 0 Å². The number of hydrogen-bond donors (Lipinski definition) is 0. The first-order valence-corrected chi connectivity index (χ1v) is 7.74. The maximum absolute atomic E-state index is 12.2. The molecule has 0 unspecified atom stereocenters. The molecule has 1 aromatic heterocycles. The van der Waals surface area contributed by atoms with Crippen LogP contribution in [0.5, 0.6) is 0 Å². The highest BCUT2D eigenvalue weighted by Gasteiger charge is 2.37. The molecule has 0 saturated carbocycles. The summed E-state index contributed by atoms with van der Waals surface area (Å²) in [5.41, 5.74) is 0. The lowest BCUT2D eigenvalue weighted by molar-refractivity contribution is -0.190. The lowest BCUT2D eigenvalue weighted by Gasteiger charge is -2.37. The van der Waals surface area contributed by atoms with Crippen LogP contribution < -0.4 is 0 Å². The first-order chi connectivity index (χ1) is 10.3. The van der Waals surface area contributed by atoms with E-state index in [1.165, 1.54) is 16.2 Å². The van der Waals surface area contributed by atoms with Crippen LogP contribution in [0.2, 0.25) is 0 Å². The van der Waals surface area contributed by atoms with Crippen molar-refractivity contribution in [2.24, 2.45) is 5.92 Å². The average molecular weight is 335 g/mol. The molecule has 0 aromatic carbocycles. The van der Waals surface area contributed by atoms with Crippen molar-refractivity contribution in [3.05, 3.63) is 22.4 Å². The number of ether oxygens (including phenoxy) is 1. The summed E-state index contributed by atoms with van der Waals surface area (Å²) in [7, 11) is 0. The summed E-state index contributed by atoms with van der Waals surface area (Å²) in [6, 6.07) is 3.41. The van der Waals surface area contributed by atoms with Gasteiger partial charge in [0.1, 0.15) is 0 Å². The molecule has 1 amide bonds. The van der Waals surface area contributed by atoms with E-state index in [9.17, 15) is 22.8 Å². The highest BCUT2D eigenvalue weighted by Crippen LogP contribution is 2.35. The van der Waals surface area contributed by atoms with E-state index in [4.69, 9.17) is 0 Å². The van der Waals surface area contributed by atoms with E-state index in [0.29, 0.717) is 13.0 Å². The van der Waals surface area contributed by atoms with Crippen molar-refractivity contribution in [3.63, 3.8) is 0 Å². The average Bonchev–Trinajstić information content (AvgIpc) is 2.97. The van der Waals surface area contributed by atoms with Gasteiger partial charge in [-0.1, -0.05) is 13.0 Å². The fourth-order valence-corrected chi connectivity index (χ4v) is 3.35. The molecular weight excluding hydrogens is 319 g/mol. The first kappa shape index (κ1) is 16.8. The van der Waals surface area contributed by atoms with E-state index in [1.54, 1.807) is 0 Å². The van der Waals surface area contributed by atoms with Crippen LogP contribution in [0.15, 0.2) is 17.5 Å². The van der Waals surface area contributed by atoms with Gasteiger partial charge in [0.15, 0.2) is 6.61 Å². The van der Waals surface area contributed by atoms with Crippen molar-refractivity contribution in [1.29, 1.82) is 0 Å². The number of thiophene rings is 1. The fourth-order valence-electron chi connectivity index (χ4n) is 2.48. The smallest absolute Gasteiger partial charge is 0.422 e. The lowest BCUT2D eigenvalue weighted by atomic mass is 9.93. The minimum Gasteiger partial charge on any atom is -0.449 e. The number of nitrogens with zero attached hydrogens (tertiary/aromatic N) is 1. The molecule has 0 aliphatic carbocycles. The Bertz CT molecular complexity index is 530. The van der Waals surface area contributed by atoms with Crippen LogP contribution in [0.3, 0.4) is 0 Å². The van der Waals surface area contributed by atoms with Gasteiger partial charge in [-0.15, -0.1) is 11.3 Å². The summed E-state index contributed by atoms with van der Waals surface area (Å²) in [5, 5.41) is 1.86. The molecule has 0 N–H and O–H groups in total. The van der Waals surface area contributed by atoms with Crippen molar-refractivity contribution < 1.29 is 27.5 Å². The Kier molecular flexibility index (Phi) is 5.10. The lowest BCUT2D eigenvalue weighted by Crippen LogP contribution is -2.45. The zero-order chi connectivity index (χ0) is 16.3. The highest BCUT2D eigenvalue weighted by atomic mass is 32.1. The Morgan fingerprint density at radius 1 is 1.41 bits per heavy atom. The second-order valence-electron chi connectivity index (χ2n) is 5.36. The van der Waals surface area contributed by atoms with Crippen LogP contribution in [0.1, 0.15) is 30.7 Å². The topological polar surface area (TPSA) is 46.6 Å². The van der Waals surface area contributed by atoms with Gasteiger partial charge >= 0.3 is 18.1 Å². The van der Waals surface area contributed by atoms with Gasteiger partial charge in [0.2, 0.25) is 0 Å². The van der Waals surface area contributed by atoms with Gasteiger partial charge in [0.25, 0.3) is 0 Å². The van der Waals surface area contributed by atoms with Crippen molar-refractivity contribution in [2.75, 3.05) is 13.2 Å². The second kappa shape index (κ2) is 6.68. The summed E-state index contributed by atoms with van der Waals surface area (Å²) in [5.74, 6) is -2.27. The Hall–Kier alpha value is -1.57. The number of carbonyl (C=O) groups is 2. The maximum atomic E-state index is 12.2. The van der Waals surface area contributed by atoms with E-state index in [0.717, 1.165) is 11.3 Å². The van der Waals surface area contributed by atoms with Crippen LogP contribution in [-0.4, -0.2) is 36.1 Å². The molecule has 2 atom stereocenters. The van der Waals surface area contributed by atoms with Crippen LogP contribution in [0, 0.1) is 5.92 Å². The molecule has 8 heteroatoms. The molecule has 2 heterocycles. The number of esters is 1. The number of carbonyl (C=O) groups excluding carboxylic acids is 2. The predicted molar refractivity (Wildman–Crippen MR) is 74.2 cm³/mol. The Morgan fingerprint density at radius 3 is 2.73 bits per heavy atom. The van der Waals surface area contributed by atoms with Crippen LogP contribution in [0.4, 0.5) is 13.2 Å². The minimum atomic E-state index is -4.64. The van der Waals surface area contributed by atoms with E-state index in [-0.39, 0.29) is 12.0 Å². The van der Waals surface area contributed by atoms with Gasteiger partial charge in [-0.25, -0.2) is 4.79 Å². The number of rotatable bonds is 2. The molecule has 0 spiro atoms. The number of hydrogen-bond acceptors (Lipinski definition) is 4. The quantitative estimate of drug-likeness (QED) is 0.616. The third-order valence-corrected chi connectivity index (χ3v) is 4.47. The minimum absolute atomic E-state index is 0.190. The fraction of sp³-hybridized carbons (Fsp3) is 0.571. The molecule has 0 bridgehead atoms. The second-order valence-corrected chi connectivity index (χ2v) is 6.34. The summed E-state index contributed by atoms with van der Waals surface area (Å²) in [6.45, 7) is 0.527. The summed E-state index contributed by atoms with van der Waals surface area (Å²) in [4.78, 5) is 26.0. The van der Waals surface area contributed by atoms with Crippen molar-refractivity contribution >= 4 is 23.2 Å². The molecule has 4 nitrogen and oxygen atoms in total. The molecule has 122 valence electrons. The predicted octanol–water partition coefficient (Wildman–Crippen LogP) is 3.15. The molecule has 1 fully saturated rings. The zero-order valence-corrected chi connectivity index (χ0v) is 12.7. The molecular formula is C14H16F3NO3S. The summed E-state index contributed by atoms with van der Waals surface area (Å²) < 4.78 is 40.3. The standard InChI is InChI=1S/C14H16F3NO3S/c1-9-4-5-10(11-3-2-6-22-11)18(7-9)12(19)13(20)21-8-14(15,16)17/h2-3,6,9-10H,4-5,7-8H2,1H3/t9-,10+/m1/s1. The molecule has 1 aliphatic heterocycles.